The Bertz CT molecular complexity index is 832. The molecule has 1 aliphatic heterocycles. The Kier molecular flexibility index (Phi) is 5.23. The van der Waals surface area contributed by atoms with Crippen LogP contribution in [0.5, 0.6) is 5.75 Å². The average Bonchev–Trinajstić information content (AvgIpc) is 3.04. The molecule has 1 amide bonds. The van der Waals surface area contributed by atoms with E-state index >= 15 is 0 Å². The summed E-state index contributed by atoms with van der Waals surface area (Å²) in [5.41, 5.74) is 1.05. The van der Waals surface area contributed by atoms with Crippen molar-refractivity contribution in [1.82, 2.24) is 0 Å². The SMILES string of the molecule is COC(=O)c1ccc(OC(=O)[C@H]2CC(=O)N(c3ccc(Cl)cc3)C2)cc1. The Balaban J connectivity index is 1.64. The second-order valence-electron chi connectivity index (χ2n) is 5.82. The minimum absolute atomic E-state index is 0.0850. The first kappa shape index (κ1) is 17.9. The molecule has 0 radical (unpaired) electrons. The molecule has 26 heavy (non-hydrogen) atoms. The topological polar surface area (TPSA) is 72.9 Å². The number of carbonyl (C=O) groups excluding carboxylic acids is 3. The van der Waals surface area contributed by atoms with E-state index in [1.165, 1.54) is 31.4 Å². The molecule has 0 bridgehead atoms. The molecule has 0 aliphatic carbocycles. The van der Waals surface area contributed by atoms with Crippen LogP contribution in [0.2, 0.25) is 5.02 Å². The highest BCUT2D eigenvalue weighted by molar-refractivity contribution is 6.30. The van der Waals surface area contributed by atoms with E-state index in [0.29, 0.717) is 22.0 Å². The number of amides is 1. The van der Waals surface area contributed by atoms with Crippen LogP contribution in [-0.4, -0.2) is 31.5 Å². The fraction of sp³-hybridized carbons (Fsp3) is 0.211. The number of hydrogen-bond acceptors (Lipinski definition) is 5. The third-order valence-corrected chi connectivity index (χ3v) is 4.34. The molecule has 7 heteroatoms. The number of esters is 2. The number of halogens is 1. The molecule has 2 aromatic carbocycles. The zero-order chi connectivity index (χ0) is 18.7. The summed E-state index contributed by atoms with van der Waals surface area (Å²) in [6, 6.07) is 12.9. The summed E-state index contributed by atoms with van der Waals surface area (Å²) in [5, 5.41) is 0.576. The summed E-state index contributed by atoms with van der Waals surface area (Å²) in [6.07, 6.45) is 0.0850. The number of rotatable bonds is 4. The van der Waals surface area contributed by atoms with E-state index in [2.05, 4.69) is 4.74 Å². The van der Waals surface area contributed by atoms with Gasteiger partial charge in [0.05, 0.1) is 18.6 Å². The first-order chi connectivity index (χ1) is 12.5. The van der Waals surface area contributed by atoms with E-state index in [1.54, 1.807) is 29.2 Å². The second kappa shape index (κ2) is 7.58. The van der Waals surface area contributed by atoms with E-state index in [-0.39, 0.29) is 18.9 Å². The maximum absolute atomic E-state index is 12.4. The van der Waals surface area contributed by atoms with Crippen molar-refractivity contribution in [3.8, 4) is 5.75 Å². The van der Waals surface area contributed by atoms with Crippen LogP contribution >= 0.6 is 11.6 Å². The second-order valence-corrected chi connectivity index (χ2v) is 6.26. The average molecular weight is 374 g/mol. The quantitative estimate of drug-likeness (QED) is 0.608. The molecule has 1 atom stereocenters. The number of anilines is 1. The smallest absolute Gasteiger partial charge is 0.337 e. The number of ether oxygens (including phenoxy) is 2. The van der Waals surface area contributed by atoms with Crippen molar-refractivity contribution in [3.05, 3.63) is 59.1 Å². The van der Waals surface area contributed by atoms with E-state index in [4.69, 9.17) is 16.3 Å². The molecule has 1 fully saturated rings. The molecule has 1 heterocycles. The molecule has 0 aromatic heterocycles. The van der Waals surface area contributed by atoms with Crippen molar-refractivity contribution in [2.24, 2.45) is 5.92 Å². The first-order valence-electron chi connectivity index (χ1n) is 7.94. The van der Waals surface area contributed by atoms with Gasteiger partial charge in [0.15, 0.2) is 0 Å². The van der Waals surface area contributed by atoms with Gasteiger partial charge in [-0.3, -0.25) is 9.59 Å². The lowest BCUT2D eigenvalue weighted by atomic mass is 10.1. The van der Waals surface area contributed by atoms with Gasteiger partial charge in [-0.15, -0.1) is 0 Å². The van der Waals surface area contributed by atoms with Crippen molar-refractivity contribution >= 4 is 35.1 Å². The van der Waals surface area contributed by atoms with E-state index in [1.807, 2.05) is 0 Å². The van der Waals surface area contributed by atoms with Gasteiger partial charge in [-0.2, -0.15) is 0 Å². The van der Waals surface area contributed by atoms with E-state index in [0.717, 1.165) is 0 Å². The number of carbonyl (C=O) groups is 3. The fourth-order valence-corrected chi connectivity index (χ4v) is 2.84. The summed E-state index contributed by atoms with van der Waals surface area (Å²) >= 11 is 5.86. The van der Waals surface area contributed by atoms with Gasteiger partial charge in [-0.05, 0) is 48.5 Å². The maximum Gasteiger partial charge on any atom is 0.337 e. The van der Waals surface area contributed by atoms with Crippen LogP contribution in [0.3, 0.4) is 0 Å². The van der Waals surface area contributed by atoms with Crippen molar-refractivity contribution in [3.63, 3.8) is 0 Å². The highest BCUT2D eigenvalue weighted by atomic mass is 35.5. The Morgan fingerprint density at radius 3 is 2.35 bits per heavy atom. The van der Waals surface area contributed by atoms with E-state index in [9.17, 15) is 14.4 Å². The molecule has 0 N–H and O–H groups in total. The molecule has 134 valence electrons. The molecule has 6 nitrogen and oxygen atoms in total. The minimum Gasteiger partial charge on any atom is -0.465 e. The van der Waals surface area contributed by atoms with Crippen molar-refractivity contribution < 1.29 is 23.9 Å². The normalized spacial score (nSPS) is 16.5. The van der Waals surface area contributed by atoms with Crippen molar-refractivity contribution in [2.45, 2.75) is 6.42 Å². The van der Waals surface area contributed by atoms with Crippen LogP contribution in [-0.2, 0) is 14.3 Å². The molecule has 3 rings (SSSR count). The number of benzene rings is 2. The molecule has 0 spiro atoms. The van der Waals surface area contributed by atoms with Gasteiger partial charge in [0, 0.05) is 23.7 Å². The minimum atomic E-state index is -0.557. The summed E-state index contributed by atoms with van der Waals surface area (Å²) in [4.78, 5) is 37.5. The molecular formula is C19H16ClNO5. The Morgan fingerprint density at radius 2 is 1.73 bits per heavy atom. The van der Waals surface area contributed by atoms with Gasteiger partial charge < -0.3 is 14.4 Å². The molecule has 0 unspecified atom stereocenters. The fourth-order valence-electron chi connectivity index (χ4n) is 2.71. The third kappa shape index (κ3) is 3.86. The highest BCUT2D eigenvalue weighted by Gasteiger charge is 2.36. The zero-order valence-corrected chi connectivity index (χ0v) is 14.7. The first-order valence-corrected chi connectivity index (χ1v) is 8.31. The Morgan fingerprint density at radius 1 is 1.08 bits per heavy atom. The van der Waals surface area contributed by atoms with E-state index < -0.39 is 17.9 Å². The highest BCUT2D eigenvalue weighted by Crippen LogP contribution is 2.27. The van der Waals surface area contributed by atoms with Gasteiger partial charge in [-0.1, -0.05) is 11.6 Å². The van der Waals surface area contributed by atoms with Gasteiger partial charge >= 0.3 is 11.9 Å². The van der Waals surface area contributed by atoms with Gasteiger partial charge in [-0.25, -0.2) is 4.79 Å². The van der Waals surface area contributed by atoms with Crippen LogP contribution in [0.15, 0.2) is 48.5 Å². The lowest BCUT2D eigenvalue weighted by molar-refractivity contribution is -0.139. The number of hydrogen-bond donors (Lipinski definition) is 0. The lowest BCUT2D eigenvalue weighted by Crippen LogP contribution is -2.27. The summed E-state index contributed by atoms with van der Waals surface area (Å²) in [6.45, 7) is 0.250. The molecule has 2 aromatic rings. The maximum atomic E-state index is 12.4. The van der Waals surface area contributed by atoms with Gasteiger partial charge in [0.1, 0.15) is 5.75 Å². The molecule has 0 saturated carbocycles. The Hall–Kier alpha value is -2.86. The van der Waals surface area contributed by atoms with Gasteiger partial charge in [0.25, 0.3) is 0 Å². The van der Waals surface area contributed by atoms with Crippen LogP contribution < -0.4 is 9.64 Å². The number of nitrogens with zero attached hydrogens (tertiary/aromatic N) is 1. The predicted molar refractivity (Wildman–Crippen MR) is 95.3 cm³/mol. The summed E-state index contributed by atoms with van der Waals surface area (Å²) in [5.74, 6) is -1.35. The monoisotopic (exact) mass is 373 g/mol. The van der Waals surface area contributed by atoms with Crippen molar-refractivity contribution in [1.29, 1.82) is 0 Å². The standard InChI is InChI=1S/C19H16ClNO5/c1-25-18(23)12-2-8-16(9-3-12)26-19(24)13-10-17(22)21(11-13)15-6-4-14(20)5-7-15/h2-9,13H,10-11H2,1H3/t13-/m0/s1. The summed E-state index contributed by atoms with van der Waals surface area (Å²) in [7, 11) is 1.29. The summed E-state index contributed by atoms with van der Waals surface area (Å²) < 4.78 is 9.94. The van der Waals surface area contributed by atoms with Crippen LogP contribution in [0.4, 0.5) is 5.69 Å². The molecule has 1 aliphatic rings. The van der Waals surface area contributed by atoms with Crippen LogP contribution in [0.1, 0.15) is 16.8 Å². The third-order valence-electron chi connectivity index (χ3n) is 4.09. The molecule has 1 saturated heterocycles. The number of methoxy groups -OCH3 is 1. The zero-order valence-electron chi connectivity index (χ0n) is 14.0. The largest absolute Gasteiger partial charge is 0.465 e. The molecular weight excluding hydrogens is 358 g/mol. The Labute approximate surface area is 155 Å². The lowest BCUT2D eigenvalue weighted by Gasteiger charge is -2.16. The van der Waals surface area contributed by atoms with Crippen molar-refractivity contribution in [2.75, 3.05) is 18.6 Å². The predicted octanol–water partition coefficient (Wildman–Crippen LogP) is 3.09. The van der Waals surface area contributed by atoms with Crippen LogP contribution in [0, 0.1) is 5.92 Å². The van der Waals surface area contributed by atoms with Crippen LogP contribution in [0.25, 0.3) is 0 Å². The van der Waals surface area contributed by atoms with Gasteiger partial charge in [0.2, 0.25) is 5.91 Å².